The Hall–Kier alpha value is -2.40. The lowest BCUT2D eigenvalue weighted by Crippen LogP contribution is -2.20. The standard InChI is InChI=1S/C17H14BrNO3/c18-14-7-4-8-15(11-14)19-16(20)12-22-17(21)10-9-13-5-2-1-3-6-13/h1-11H,12H2,(H,19,20)/b10-9+. The molecule has 22 heavy (non-hydrogen) atoms. The first-order valence-electron chi connectivity index (χ1n) is 6.59. The van der Waals surface area contributed by atoms with E-state index in [0.717, 1.165) is 10.0 Å². The predicted molar refractivity (Wildman–Crippen MR) is 89.2 cm³/mol. The minimum absolute atomic E-state index is 0.329. The molecular formula is C17H14BrNO3. The molecule has 0 saturated carbocycles. The Kier molecular flexibility index (Phi) is 5.91. The highest BCUT2D eigenvalue weighted by Crippen LogP contribution is 2.15. The van der Waals surface area contributed by atoms with Gasteiger partial charge in [0.25, 0.3) is 5.91 Å². The SMILES string of the molecule is O=C(COC(=O)/C=C/c1ccccc1)Nc1cccc(Br)c1. The minimum Gasteiger partial charge on any atom is -0.452 e. The van der Waals surface area contributed by atoms with Gasteiger partial charge in [-0.2, -0.15) is 0 Å². The van der Waals surface area contributed by atoms with Crippen LogP contribution in [0.25, 0.3) is 6.08 Å². The van der Waals surface area contributed by atoms with E-state index in [4.69, 9.17) is 4.74 Å². The van der Waals surface area contributed by atoms with Gasteiger partial charge in [-0.3, -0.25) is 4.79 Å². The third kappa shape index (κ3) is 5.54. The molecular weight excluding hydrogens is 346 g/mol. The molecule has 2 aromatic carbocycles. The fraction of sp³-hybridized carbons (Fsp3) is 0.0588. The van der Waals surface area contributed by atoms with Gasteiger partial charge < -0.3 is 10.1 Å². The number of hydrogen-bond donors (Lipinski definition) is 1. The van der Waals surface area contributed by atoms with Gasteiger partial charge in [0.1, 0.15) is 0 Å². The molecule has 2 aromatic rings. The second-order valence-corrected chi connectivity index (χ2v) is 5.33. The molecule has 0 heterocycles. The molecule has 0 aliphatic heterocycles. The van der Waals surface area contributed by atoms with Gasteiger partial charge in [-0.25, -0.2) is 4.79 Å². The maximum atomic E-state index is 11.7. The number of esters is 1. The monoisotopic (exact) mass is 359 g/mol. The van der Waals surface area contributed by atoms with Crippen LogP contribution in [0, 0.1) is 0 Å². The Morgan fingerprint density at radius 2 is 1.86 bits per heavy atom. The number of nitrogens with one attached hydrogen (secondary N) is 1. The van der Waals surface area contributed by atoms with E-state index in [0.29, 0.717) is 5.69 Å². The Labute approximate surface area is 136 Å². The summed E-state index contributed by atoms with van der Waals surface area (Å²) in [4.78, 5) is 23.2. The number of carbonyl (C=O) groups is 2. The lowest BCUT2D eigenvalue weighted by Gasteiger charge is -2.05. The first-order chi connectivity index (χ1) is 10.6. The second kappa shape index (κ2) is 8.14. The number of hydrogen-bond acceptors (Lipinski definition) is 3. The topological polar surface area (TPSA) is 55.4 Å². The van der Waals surface area contributed by atoms with E-state index in [1.54, 1.807) is 24.3 Å². The van der Waals surface area contributed by atoms with Crippen molar-refractivity contribution >= 4 is 39.6 Å². The van der Waals surface area contributed by atoms with Crippen LogP contribution in [0.3, 0.4) is 0 Å². The average molecular weight is 360 g/mol. The summed E-state index contributed by atoms with van der Waals surface area (Å²) in [6.45, 7) is -0.329. The van der Waals surface area contributed by atoms with E-state index in [-0.39, 0.29) is 12.5 Å². The molecule has 0 saturated heterocycles. The maximum absolute atomic E-state index is 11.7. The number of rotatable bonds is 5. The van der Waals surface area contributed by atoms with Crippen LogP contribution in [-0.2, 0) is 14.3 Å². The summed E-state index contributed by atoms with van der Waals surface area (Å²) in [5.41, 5.74) is 1.52. The Morgan fingerprint density at radius 1 is 1.09 bits per heavy atom. The number of amides is 1. The summed E-state index contributed by atoms with van der Waals surface area (Å²) in [7, 11) is 0. The summed E-state index contributed by atoms with van der Waals surface area (Å²) >= 11 is 3.31. The summed E-state index contributed by atoms with van der Waals surface area (Å²) in [5, 5.41) is 2.64. The Balaban J connectivity index is 1.78. The molecule has 1 amide bonds. The zero-order valence-corrected chi connectivity index (χ0v) is 13.2. The van der Waals surface area contributed by atoms with Crippen LogP contribution in [0.1, 0.15) is 5.56 Å². The van der Waals surface area contributed by atoms with Crippen LogP contribution in [0.4, 0.5) is 5.69 Å². The van der Waals surface area contributed by atoms with Crippen molar-refractivity contribution < 1.29 is 14.3 Å². The van der Waals surface area contributed by atoms with Crippen LogP contribution in [0.2, 0.25) is 0 Å². The van der Waals surface area contributed by atoms with Gasteiger partial charge in [0.15, 0.2) is 6.61 Å². The van der Waals surface area contributed by atoms with Crippen molar-refractivity contribution in [1.82, 2.24) is 0 Å². The van der Waals surface area contributed by atoms with Crippen LogP contribution in [0.5, 0.6) is 0 Å². The largest absolute Gasteiger partial charge is 0.452 e. The maximum Gasteiger partial charge on any atom is 0.331 e. The summed E-state index contributed by atoms with van der Waals surface area (Å²) in [6, 6.07) is 16.5. The van der Waals surface area contributed by atoms with Crippen LogP contribution >= 0.6 is 15.9 Å². The second-order valence-electron chi connectivity index (χ2n) is 4.41. The molecule has 0 atom stereocenters. The molecule has 0 bridgehead atoms. The van der Waals surface area contributed by atoms with Crippen LogP contribution < -0.4 is 5.32 Å². The Bertz CT molecular complexity index is 683. The van der Waals surface area contributed by atoms with Crippen LogP contribution in [0.15, 0.2) is 65.1 Å². The third-order valence-electron chi connectivity index (χ3n) is 2.67. The van der Waals surface area contributed by atoms with Gasteiger partial charge in [-0.05, 0) is 29.8 Å². The van der Waals surface area contributed by atoms with Gasteiger partial charge >= 0.3 is 5.97 Å². The first kappa shape index (κ1) is 16.0. The molecule has 1 N–H and O–H groups in total. The lowest BCUT2D eigenvalue weighted by molar-refractivity contribution is -0.142. The van der Waals surface area contributed by atoms with Crippen molar-refractivity contribution in [2.75, 3.05) is 11.9 Å². The number of carbonyl (C=O) groups excluding carboxylic acids is 2. The van der Waals surface area contributed by atoms with Crippen LogP contribution in [-0.4, -0.2) is 18.5 Å². The summed E-state index contributed by atoms with van der Waals surface area (Å²) in [5.74, 6) is -0.951. The van der Waals surface area contributed by atoms with E-state index in [1.807, 2.05) is 36.4 Å². The van der Waals surface area contributed by atoms with Gasteiger partial charge in [-0.15, -0.1) is 0 Å². The molecule has 2 rings (SSSR count). The predicted octanol–water partition coefficient (Wildman–Crippen LogP) is 3.64. The molecule has 0 radical (unpaired) electrons. The van der Waals surface area contributed by atoms with E-state index in [1.165, 1.54) is 6.08 Å². The molecule has 5 heteroatoms. The Morgan fingerprint density at radius 3 is 2.59 bits per heavy atom. The molecule has 0 unspecified atom stereocenters. The van der Waals surface area contributed by atoms with Crippen molar-refractivity contribution in [3.63, 3.8) is 0 Å². The van der Waals surface area contributed by atoms with E-state index in [2.05, 4.69) is 21.2 Å². The number of ether oxygens (including phenoxy) is 1. The molecule has 0 spiro atoms. The van der Waals surface area contributed by atoms with E-state index >= 15 is 0 Å². The first-order valence-corrected chi connectivity index (χ1v) is 7.38. The van der Waals surface area contributed by atoms with E-state index in [9.17, 15) is 9.59 Å². The van der Waals surface area contributed by atoms with Gasteiger partial charge in [0.2, 0.25) is 0 Å². The molecule has 4 nitrogen and oxygen atoms in total. The normalized spacial score (nSPS) is 10.4. The van der Waals surface area contributed by atoms with E-state index < -0.39 is 5.97 Å². The zero-order valence-electron chi connectivity index (χ0n) is 11.7. The average Bonchev–Trinajstić information content (AvgIpc) is 2.52. The quantitative estimate of drug-likeness (QED) is 0.654. The summed E-state index contributed by atoms with van der Waals surface area (Å²) < 4.78 is 5.73. The van der Waals surface area contributed by atoms with Gasteiger partial charge in [0.05, 0.1) is 0 Å². The number of halogens is 1. The summed E-state index contributed by atoms with van der Waals surface area (Å²) in [6.07, 6.45) is 2.93. The van der Waals surface area contributed by atoms with Crippen molar-refractivity contribution in [2.45, 2.75) is 0 Å². The van der Waals surface area contributed by atoms with Gasteiger partial charge in [0, 0.05) is 16.2 Å². The third-order valence-corrected chi connectivity index (χ3v) is 3.16. The fourth-order valence-corrected chi connectivity index (χ4v) is 2.08. The van der Waals surface area contributed by atoms with Crippen molar-refractivity contribution in [2.24, 2.45) is 0 Å². The number of benzene rings is 2. The van der Waals surface area contributed by atoms with Crippen molar-refractivity contribution in [3.8, 4) is 0 Å². The highest BCUT2D eigenvalue weighted by Gasteiger charge is 2.05. The molecule has 0 aliphatic carbocycles. The highest BCUT2D eigenvalue weighted by atomic mass is 79.9. The molecule has 112 valence electrons. The van der Waals surface area contributed by atoms with Crippen molar-refractivity contribution in [1.29, 1.82) is 0 Å². The minimum atomic E-state index is -0.562. The smallest absolute Gasteiger partial charge is 0.331 e. The molecule has 0 aromatic heterocycles. The number of anilines is 1. The molecule has 0 fully saturated rings. The van der Waals surface area contributed by atoms with Crippen molar-refractivity contribution in [3.05, 3.63) is 70.7 Å². The highest BCUT2D eigenvalue weighted by molar-refractivity contribution is 9.10. The molecule has 0 aliphatic rings. The van der Waals surface area contributed by atoms with Gasteiger partial charge in [-0.1, -0.05) is 52.3 Å². The fourth-order valence-electron chi connectivity index (χ4n) is 1.68. The lowest BCUT2D eigenvalue weighted by atomic mass is 10.2. The zero-order chi connectivity index (χ0) is 15.8.